The number of carbonyl (C=O) groups is 1. The second-order valence-corrected chi connectivity index (χ2v) is 12.5. The Kier molecular flexibility index (Phi) is 8.53. The molecule has 11 nitrogen and oxygen atoms in total. The number of ether oxygens (including phenoxy) is 2. The average molecular weight is 639 g/mol. The van der Waals surface area contributed by atoms with Crippen LogP contribution in [0.4, 0.5) is 17.1 Å². The van der Waals surface area contributed by atoms with E-state index in [-0.39, 0.29) is 46.6 Å². The Morgan fingerprint density at radius 3 is 2.41 bits per heavy atom. The first-order valence-electron chi connectivity index (χ1n) is 15.1. The first kappa shape index (κ1) is 30.9. The van der Waals surface area contributed by atoms with Gasteiger partial charge in [0.05, 0.1) is 36.1 Å². The lowest BCUT2D eigenvalue weighted by Crippen LogP contribution is -2.49. The molecule has 1 atom stereocenters. The molecule has 12 heteroatoms. The minimum atomic E-state index is -4.53. The molecule has 2 aliphatic rings. The summed E-state index contributed by atoms with van der Waals surface area (Å²) in [4.78, 5) is 21.6. The lowest BCUT2D eigenvalue weighted by molar-refractivity contribution is -0.120. The van der Waals surface area contributed by atoms with Crippen molar-refractivity contribution in [1.29, 1.82) is 5.26 Å². The number of anilines is 3. The Morgan fingerprint density at radius 1 is 0.957 bits per heavy atom. The number of rotatable bonds is 10. The van der Waals surface area contributed by atoms with Crippen LogP contribution in [0.15, 0.2) is 90.0 Å². The van der Waals surface area contributed by atoms with Gasteiger partial charge >= 0.3 is 0 Å². The van der Waals surface area contributed by atoms with Crippen molar-refractivity contribution in [2.24, 2.45) is 0 Å². The van der Waals surface area contributed by atoms with Gasteiger partial charge in [-0.1, -0.05) is 12.1 Å². The smallest absolute Gasteiger partial charge is 0.276 e. The molecule has 0 aliphatic carbocycles. The van der Waals surface area contributed by atoms with E-state index in [0.717, 1.165) is 36.2 Å². The predicted molar refractivity (Wildman–Crippen MR) is 175 cm³/mol. The number of hydrogen-bond donors (Lipinski definition) is 2. The molecule has 236 valence electrons. The van der Waals surface area contributed by atoms with E-state index in [1.54, 1.807) is 56.4 Å². The fourth-order valence-electron chi connectivity index (χ4n) is 6.01. The number of aromatic nitrogens is 1. The average Bonchev–Trinajstić information content (AvgIpc) is 3.33. The number of piperazine rings is 1. The van der Waals surface area contributed by atoms with Crippen molar-refractivity contribution in [3.05, 3.63) is 102 Å². The highest BCUT2D eigenvalue weighted by Gasteiger charge is 2.58. The van der Waals surface area contributed by atoms with Crippen LogP contribution in [0.1, 0.15) is 30.5 Å². The van der Waals surface area contributed by atoms with Crippen molar-refractivity contribution >= 4 is 33.0 Å². The molecule has 1 amide bonds. The molecule has 3 heterocycles. The van der Waals surface area contributed by atoms with Crippen molar-refractivity contribution in [3.8, 4) is 17.7 Å². The van der Waals surface area contributed by atoms with Gasteiger partial charge in [0.15, 0.2) is 5.54 Å². The Morgan fingerprint density at radius 2 is 1.70 bits per heavy atom. The van der Waals surface area contributed by atoms with E-state index in [1.165, 1.54) is 18.2 Å². The number of nitrogens with zero attached hydrogens (tertiary/aromatic N) is 4. The van der Waals surface area contributed by atoms with Crippen LogP contribution in [-0.2, 0) is 20.4 Å². The number of amides is 1. The number of fused-ring (bicyclic) bond motifs is 1. The van der Waals surface area contributed by atoms with E-state index in [2.05, 4.69) is 26.6 Å². The molecule has 1 unspecified atom stereocenters. The number of hydrogen-bond acceptors (Lipinski definition) is 10. The third kappa shape index (κ3) is 5.27. The van der Waals surface area contributed by atoms with Crippen molar-refractivity contribution in [2.45, 2.75) is 24.3 Å². The zero-order valence-corrected chi connectivity index (χ0v) is 26.4. The number of nitriles is 1. The zero-order valence-electron chi connectivity index (χ0n) is 25.6. The molecule has 6 rings (SSSR count). The molecule has 3 aromatic carbocycles. The van der Waals surface area contributed by atoms with Gasteiger partial charge < -0.3 is 25.0 Å². The maximum absolute atomic E-state index is 15.1. The zero-order chi connectivity index (χ0) is 32.3. The molecule has 0 spiro atoms. The number of benzene rings is 3. The lowest BCUT2D eigenvalue weighted by atomic mass is 9.83. The Labute approximate surface area is 268 Å². The van der Waals surface area contributed by atoms with Crippen LogP contribution in [0.5, 0.6) is 11.6 Å². The standard InChI is InChI=1S/C34H34N6O5S/c1-3-44-30-9-5-6-10-31(30)46(42,43)40-29-16-11-24(23-35)22-28(29)34(33(40)41,27-8-7-17-37-32(27)45-4-2)38-25-12-14-26(15-13-25)39-20-18-36-19-21-39/h5-17,22,36,38H,3-4,18-21H2,1-2H3. The fraction of sp³-hybridized carbons (Fsp3) is 0.265. The van der Waals surface area contributed by atoms with Crippen LogP contribution in [0.25, 0.3) is 0 Å². The number of carbonyl (C=O) groups excluding carboxylic acids is 1. The third-order valence-corrected chi connectivity index (χ3v) is 9.79. The first-order chi connectivity index (χ1) is 22.3. The van der Waals surface area contributed by atoms with Crippen LogP contribution in [-0.4, -0.2) is 58.7 Å². The summed E-state index contributed by atoms with van der Waals surface area (Å²) in [7, 11) is -4.53. The molecule has 46 heavy (non-hydrogen) atoms. The highest BCUT2D eigenvalue weighted by atomic mass is 32.2. The monoisotopic (exact) mass is 638 g/mol. The summed E-state index contributed by atoms with van der Waals surface area (Å²) >= 11 is 0. The molecule has 1 saturated heterocycles. The van der Waals surface area contributed by atoms with E-state index in [1.807, 2.05) is 24.3 Å². The topological polar surface area (TPSA) is 137 Å². The van der Waals surface area contributed by atoms with Gasteiger partial charge in [-0.15, -0.1) is 0 Å². The van der Waals surface area contributed by atoms with Gasteiger partial charge in [-0.2, -0.15) is 9.57 Å². The summed E-state index contributed by atoms with van der Waals surface area (Å²) in [5.41, 5.74) is 0.675. The second-order valence-electron chi connectivity index (χ2n) is 10.7. The van der Waals surface area contributed by atoms with Gasteiger partial charge in [-0.05, 0) is 80.6 Å². The molecule has 1 aromatic heterocycles. The molecule has 4 aromatic rings. The number of para-hydroxylation sites is 1. The third-order valence-electron chi connectivity index (χ3n) is 8.06. The Hall–Kier alpha value is -5.12. The molecule has 2 N–H and O–H groups in total. The van der Waals surface area contributed by atoms with E-state index < -0.39 is 21.5 Å². The molecule has 2 aliphatic heterocycles. The SMILES string of the molecule is CCOc1ccccc1S(=O)(=O)N1C(=O)C(Nc2ccc(N3CCNCC3)cc2)(c2cccnc2OCC)c2cc(C#N)ccc21. The van der Waals surface area contributed by atoms with Gasteiger partial charge in [-0.25, -0.2) is 13.4 Å². The molecule has 0 saturated carbocycles. The van der Waals surface area contributed by atoms with Crippen LogP contribution in [0.2, 0.25) is 0 Å². The summed E-state index contributed by atoms with van der Waals surface area (Å²) in [5, 5.41) is 16.7. The number of sulfonamides is 1. The maximum atomic E-state index is 15.1. The van der Waals surface area contributed by atoms with Gasteiger partial charge in [0.1, 0.15) is 10.6 Å². The summed E-state index contributed by atoms with van der Waals surface area (Å²) in [6.07, 6.45) is 1.54. The van der Waals surface area contributed by atoms with Gasteiger partial charge in [0.2, 0.25) is 5.88 Å². The molecule has 1 fully saturated rings. The van der Waals surface area contributed by atoms with Gasteiger partial charge in [0.25, 0.3) is 15.9 Å². The molecule has 0 radical (unpaired) electrons. The largest absolute Gasteiger partial charge is 0.492 e. The van der Waals surface area contributed by atoms with Crippen molar-refractivity contribution in [3.63, 3.8) is 0 Å². The second kappa shape index (κ2) is 12.7. The van der Waals surface area contributed by atoms with Crippen molar-refractivity contribution in [1.82, 2.24) is 10.3 Å². The summed E-state index contributed by atoms with van der Waals surface area (Å²) in [6.45, 7) is 7.52. The van der Waals surface area contributed by atoms with Crippen molar-refractivity contribution in [2.75, 3.05) is 53.9 Å². The van der Waals surface area contributed by atoms with Crippen molar-refractivity contribution < 1.29 is 22.7 Å². The summed E-state index contributed by atoms with van der Waals surface area (Å²) in [5.74, 6) is -0.520. The van der Waals surface area contributed by atoms with E-state index >= 15 is 4.79 Å². The lowest BCUT2D eigenvalue weighted by Gasteiger charge is -2.33. The maximum Gasteiger partial charge on any atom is 0.276 e. The van der Waals surface area contributed by atoms with Gasteiger partial charge in [-0.3, -0.25) is 4.79 Å². The Bertz CT molecular complexity index is 1900. The van der Waals surface area contributed by atoms with Crippen LogP contribution >= 0.6 is 0 Å². The normalized spacial score (nSPS) is 17.7. The van der Waals surface area contributed by atoms with E-state index in [9.17, 15) is 13.7 Å². The minimum absolute atomic E-state index is 0.103. The summed E-state index contributed by atoms with van der Waals surface area (Å²) in [6, 6.07) is 23.9. The first-order valence-corrected chi connectivity index (χ1v) is 16.6. The highest BCUT2D eigenvalue weighted by molar-refractivity contribution is 7.93. The number of pyridine rings is 1. The van der Waals surface area contributed by atoms with E-state index in [0.29, 0.717) is 11.3 Å². The van der Waals surface area contributed by atoms with Gasteiger partial charge in [0, 0.05) is 49.3 Å². The van der Waals surface area contributed by atoms with Crippen LogP contribution in [0, 0.1) is 11.3 Å². The molecular formula is C34H34N6O5S. The fourth-order valence-corrected chi connectivity index (χ4v) is 7.61. The van der Waals surface area contributed by atoms with Crippen LogP contribution in [0.3, 0.4) is 0 Å². The molecule has 0 bridgehead atoms. The van der Waals surface area contributed by atoms with Crippen LogP contribution < -0.4 is 29.3 Å². The quantitative estimate of drug-likeness (QED) is 0.259. The number of nitrogens with one attached hydrogen (secondary N) is 2. The predicted octanol–water partition coefficient (Wildman–Crippen LogP) is 4.25. The Balaban J connectivity index is 1.57. The highest BCUT2D eigenvalue weighted by Crippen LogP contribution is 2.51. The summed E-state index contributed by atoms with van der Waals surface area (Å²) < 4.78 is 41.5. The molecular weight excluding hydrogens is 604 g/mol. The minimum Gasteiger partial charge on any atom is -0.492 e. The van der Waals surface area contributed by atoms with E-state index in [4.69, 9.17) is 9.47 Å².